The van der Waals surface area contributed by atoms with E-state index >= 15 is 0 Å². The van der Waals surface area contributed by atoms with E-state index in [9.17, 15) is 19.8 Å². The fourth-order valence-corrected chi connectivity index (χ4v) is 11.5. The van der Waals surface area contributed by atoms with E-state index in [0.29, 0.717) is 19.4 Å². The Morgan fingerprint density at radius 2 is 0.595 bits per heavy atom. The first-order valence-corrected chi connectivity index (χ1v) is 36.1. The van der Waals surface area contributed by atoms with Crippen molar-refractivity contribution in [3.8, 4) is 0 Å². The second kappa shape index (κ2) is 68.8. The predicted octanol–water partition coefficient (Wildman–Crippen LogP) is 23.3. The molecule has 0 spiro atoms. The third kappa shape index (κ3) is 65.4. The third-order valence-corrected chi connectivity index (χ3v) is 17.0. The molecule has 0 aliphatic carbocycles. The summed E-state index contributed by atoms with van der Waals surface area (Å²) in [6.07, 6.45) is 86.8. The molecule has 0 bridgehead atoms. The maximum Gasteiger partial charge on any atom is 0.305 e. The second-order valence-corrected chi connectivity index (χ2v) is 24.9. The average molecular weight is 1110 g/mol. The first-order valence-electron chi connectivity index (χ1n) is 36.1. The summed E-state index contributed by atoms with van der Waals surface area (Å²) in [4.78, 5) is 24.6. The molecule has 6 nitrogen and oxygen atoms in total. The van der Waals surface area contributed by atoms with Crippen LogP contribution in [0.3, 0.4) is 0 Å². The van der Waals surface area contributed by atoms with Gasteiger partial charge < -0.3 is 20.3 Å². The number of allylic oxidation sites excluding steroid dienone is 3. The molecular weight excluding hydrogens is 971 g/mol. The van der Waals surface area contributed by atoms with Gasteiger partial charge in [-0.2, -0.15) is 0 Å². The molecule has 0 aromatic rings. The maximum atomic E-state index is 12.5. The number of nitrogens with one attached hydrogen (secondary N) is 1. The van der Waals surface area contributed by atoms with Crippen LogP contribution in [0.5, 0.6) is 0 Å². The van der Waals surface area contributed by atoms with E-state index in [4.69, 9.17) is 4.74 Å². The Hall–Kier alpha value is -1.66. The number of rotatable bonds is 68. The molecule has 0 saturated carbocycles. The molecule has 0 aliphatic rings. The summed E-state index contributed by atoms with van der Waals surface area (Å²) in [6.45, 7) is 4.94. The Morgan fingerprint density at radius 3 is 0.899 bits per heavy atom. The minimum absolute atomic E-state index is 0.0110. The van der Waals surface area contributed by atoms with Gasteiger partial charge in [-0.1, -0.05) is 359 Å². The molecule has 79 heavy (non-hydrogen) atoms. The first kappa shape index (κ1) is 77.3. The zero-order chi connectivity index (χ0) is 57.1. The molecule has 0 radical (unpaired) electrons. The van der Waals surface area contributed by atoms with Crippen LogP contribution < -0.4 is 5.32 Å². The predicted molar refractivity (Wildman–Crippen MR) is 347 cm³/mol. The average Bonchev–Trinajstić information content (AvgIpc) is 3.45. The lowest BCUT2D eigenvalue weighted by Crippen LogP contribution is -2.45. The van der Waals surface area contributed by atoms with Crippen LogP contribution >= 0.6 is 0 Å². The molecule has 0 heterocycles. The largest absolute Gasteiger partial charge is 0.466 e. The van der Waals surface area contributed by atoms with Crippen molar-refractivity contribution in [1.82, 2.24) is 5.32 Å². The number of hydrogen-bond acceptors (Lipinski definition) is 5. The number of ether oxygens (including phenoxy) is 1. The van der Waals surface area contributed by atoms with E-state index in [2.05, 4.69) is 31.3 Å². The van der Waals surface area contributed by atoms with Crippen LogP contribution in [0.4, 0.5) is 0 Å². The van der Waals surface area contributed by atoms with Crippen molar-refractivity contribution in [2.24, 2.45) is 0 Å². The first-order chi connectivity index (χ1) is 39.0. The Balaban J connectivity index is 3.43. The molecule has 468 valence electrons. The van der Waals surface area contributed by atoms with Crippen molar-refractivity contribution >= 4 is 11.9 Å². The minimum Gasteiger partial charge on any atom is -0.466 e. The Labute approximate surface area is 494 Å². The molecule has 2 atom stereocenters. The van der Waals surface area contributed by atoms with E-state index in [1.54, 1.807) is 6.08 Å². The van der Waals surface area contributed by atoms with Gasteiger partial charge in [0, 0.05) is 12.8 Å². The monoisotopic (exact) mass is 1110 g/mol. The Morgan fingerprint density at radius 1 is 0.342 bits per heavy atom. The summed E-state index contributed by atoms with van der Waals surface area (Å²) >= 11 is 0. The molecule has 0 aromatic carbocycles. The summed E-state index contributed by atoms with van der Waals surface area (Å²) in [5.74, 6) is -0.0611. The zero-order valence-electron chi connectivity index (χ0n) is 53.6. The van der Waals surface area contributed by atoms with Gasteiger partial charge in [0.05, 0.1) is 25.4 Å². The molecule has 0 aliphatic heterocycles. The normalized spacial score (nSPS) is 12.6. The van der Waals surface area contributed by atoms with Crippen LogP contribution in [-0.4, -0.2) is 47.4 Å². The van der Waals surface area contributed by atoms with Crippen molar-refractivity contribution < 1.29 is 24.5 Å². The van der Waals surface area contributed by atoms with E-state index in [0.717, 1.165) is 44.9 Å². The second-order valence-electron chi connectivity index (χ2n) is 24.9. The molecule has 0 saturated heterocycles. The Bertz CT molecular complexity index is 1230. The summed E-state index contributed by atoms with van der Waals surface area (Å²) in [7, 11) is 0. The minimum atomic E-state index is -0.851. The highest BCUT2D eigenvalue weighted by Gasteiger charge is 2.18. The van der Waals surface area contributed by atoms with Crippen LogP contribution in [0.1, 0.15) is 406 Å². The van der Waals surface area contributed by atoms with Crippen LogP contribution in [0.15, 0.2) is 24.3 Å². The Kier molecular flexibility index (Phi) is 67.4. The number of aliphatic hydroxyl groups excluding tert-OH is 2. The number of hydrogen-bond donors (Lipinski definition) is 3. The van der Waals surface area contributed by atoms with Crippen LogP contribution in [0.25, 0.3) is 0 Å². The van der Waals surface area contributed by atoms with Gasteiger partial charge in [0.15, 0.2) is 0 Å². The van der Waals surface area contributed by atoms with E-state index in [1.807, 2.05) is 6.08 Å². The van der Waals surface area contributed by atoms with Crippen molar-refractivity contribution in [1.29, 1.82) is 0 Å². The number of carbonyl (C=O) groups is 2. The zero-order valence-corrected chi connectivity index (χ0v) is 53.6. The van der Waals surface area contributed by atoms with Gasteiger partial charge >= 0.3 is 5.97 Å². The number of esters is 1. The lowest BCUT2D eigenvalue weighted by atomic mass is 10.0. The fraction of sp³-hybridized carbons (Fsp3) is 0.918. The lowest BCUT2D eigenvalue weighted by molar-refractivity contribution is -0.143. The quantitative estimate of drug-likeness (QED) is 0.0320. The van der Waals surface area contributed by atoms with Gasteiger partial charge in [-0.25, -0.2) is 0 Å². The standard InChI is InChI=1S/C73H141NO5/c1-3-5-7-9-11-13-15-17-19-21-23-24-25-26-27-30-33-37-41-45-49-53-57-61-65-71(76)70(69-75)74-72(77)66-62-58-54-50-46-42-38-34-31-28-29-32-36-40-44-48-52-56-60-64-68-79-73(78)67-63-59-55-51-47-43-39-35-22-20-18-16-14-12-10-8-6-4-2/h28,31,61,65,70-71,75-76H,3-27,29-30,32-60,62-64,66-69H2,1-2H3,(H,74,77)/b31-28-,65-61+. The van der Waals surface area contributed by atoms with Gasteiger partial charge in [-0.05, 0) is 57.8 Å². The van der Waals surface area contributed by atoms with Crippen molar-refractivity contribution in [3.63, 3.8) is 0 Å². The van der Waals surface area contributed by atoms with E-state index < -0.39 is 12.1 Å². The summed E-state index contributed by atoms with van der Waals surface area (Å²) < 4.78 is 5.50. The van der Waals surface area contributed by atoms with E-state index in [-0.39, 0.29) is 18.5 Å². The highest BCUT2D eigenvalue weighted by atomic mass is 16.5. The van der Waals surface area contributed by atoms with Gasteiger partial charge in [0.1, 0.15) is 0 Å². The number of aliphatic hydroxyl groups is 2. The number of unbranched alkanes of at least 4 members (excludes halogenated alkanes) is 55. The molecule has 0 aromatic heterocycles. The molecule has 1 amide bonds. The number of carbonyl (C=O) groups excluding carboxylic acids is 2. The van der Waals surface area contributed by atoms with Gasteiger partial charge in [-0.15, -0.1) is 0 Å². The topological polar surface area (TPSA) is 95.9 Å². The molecular formula is C73H141NO5. The molecule has 0 rings (SSSR count). The SMILES string of the molecule is CCCCCCCCCCCCCCCCCCCCCCCC/C=C/C(O)C(CO)NC(=O)CCCCCCCCC/C=C\CCCCCCCCCCCOC(=O)CCCCCCCCCCCCCCCCCCCC. The fourth-order valence-electron chi connectivity index (χ4n) is 11.5. The van der Waals surface area contributed by atoms with Crippen LogP contribution in [0.2, 0.25) is 0 Å². The highest BCUT2D eigenvalue weighted by molar-refractivity contribution is 5.76. The molecule has 2 unspecified atom stereocenters. The smallest absolute Gasteiger partial charge is 0.305 e. The maximum absolute atomic E-state index is 12.5. The van der Waals surface area contributed by atoms with E-state index in [1.165, 1.54) is 334 Å². The van der Waals surface area contributed by atoms with Crippen LogP contribution in [-0.2, 0) is 14.3 Å². The van der Waals surface area contributed by atoms with Crippen molar-refractivity contribution in [3.05, 3.63) is 24.3 Å². The third-order valence-electron chi connectivity index (χ3n) is 17.0. The summed E-state index contributed by atoms with van der Waals surface area (Å²) in [6, 6.07) is -0.636. The molecule has 3 N–H and O–H groups in total. The van der Waals surface area contributed by atoms with Gasteiger partial charge in [-0.3, -0.25) is 9.59 Å². The van der Waals surface area contributed by atoms with Crippen molar-refractivity contribution in [2.75, 3.05) is 13.2 Å². The summed E-state index contributed by atoms with van der Waals surface area (Å²) in [5.41, 5.74) is 0. The number of amides is 1. The highest BCUT2D eigenvalue weighted by Crippen LogP contribution is 2.19. The summed E-state index contributed by atoms with van der Waals surface area (Å²) in [5, 5.41) is 23.3. The van der Waals surface area contributed by atoms with Crippen LogP contribution in [0, 0.1) is 0 Å². The molecule has 0 fully saturated rings. The van der Waals surface area contributed by atoms with Gasteiger partial charge in [0.2, 0.25) is 5.91 Å². The molecule has 6 heteroatoms. The van der Waals surface area contributed by atoms with Crippen molar-refractivity contribution in [2.45, 2.75) is 418 Å². The van der Waals surface area contributed by atoms with Gasteiger partial charge in [0.25, 0.3) is 0 Å². The lowest BCUT2D eigenvalue weighted by Gasteiger charge is -2.20.